The molecule has 2 aromatic rings. The first-order valence-corrected chi connectivity index (χ1v) is 9.65. The number of carbonyl (C=O) groups is 2. The van der Waals surface area contributed by atoms with Crippen molar-refractivity contribution in [2.24, 2.45) is 0 Å². The molecule has 1 N–H and O–H groups in total. The van der Waals surface area contributed by atoms with E-state index in [9.17, 15) is 9.59 Å². The third kappa shape index (κ3) is 3.93. The zero-order valence-electron chi connectivity index (χ0n) is 13.3. The van der Waals surface area contributed by atoms with E-state index < -0.39 is 0 Å². The number of nitrogens with zero attached hydrogens (tertiary/aromatic N) is 3. The van der Waals surface area contributed by atoms with E-state index in [0.29, 0.717) is 17.1 Å². The van der Waals surface area contributed by atoms with E-state index in [2.05, 4.69) is 15.5 Å². The van der Waals surface area contributed by atoms with Crippen LogP contribution >= 0.6 is 23.1 Å². The smallest absolute Gasteiger partial charge is 0.257 e. The molecule has 0 saturated carbocycles. The summed E-state index contributed by atoms with van der Waals surface area (Å²) in [7, 11) is 0. The van der Waals surface area contributed by atoms with Gasteiger partial charge in [-0.15, -0.1) is 10.2 Å². The first-order valence-electron chi connectivity index (χ1n) is 7.85. The summed E-state index contributed by atoms with van der Waals surface area (Å²) in [6, 6.07) is 7.10. The van der Waals surface area contributed by atoms with Gasteiger partial charge in [-0.3, -0.25) is 14.9 Å². The monoisotopic (exact) mass is 362 g/mol. The van der Waals surface area contributed by atoms with Gasteiger partial charge in [0.1, 0.15) is 0 Å². The second-order valence-corrected chi connectivity index (χ2v) is 7.80. The summed E-state index contributed by atoms with van der Waals surface area (Å²) in [6.45, 7) is 2.78. The van der Waals surface area contributed by atoms with Crippen molar-refractivity contribution in [1.82, 2.24) is 10.2 Å². The van der Waals surface area contributed by atoms with Crippen molar-refractivity contribution >= 4 is 45.7 Å². The summed E-state index contributed by atoms with van der Waals surface area (Å²) in [5.41, 5.74) is 1.37. The van der Waals surface area contributed by atoms with Crippen molar-refractivity contribution in [1.29, 1.82) is 0 Å². The van der Waals surface area contributed by atoms with Gasteiger partial charge in [0.25, 0.3) is 5.91 Å². The quantitative estimate of drug-likeness (QED) is 0.651. The molecule has 1 aromatic heterocycles. The van der Waals surface area contributed by atoms with Crippen molar-refractivity contribution < 1.29 is 9.59 Å². The summed E-state index contributed by atoms with van der Waals surface area (Å²) in [5, 5.41) is 11.2. The Labute approximate surface area is 148 Å². The molecule has 0 radical (unpaired) electrons. The van der Waals surface area contributed by atoms with Gasteiger partial charge in [0.2, 0.25) is 11.0 Å². The number of amides is 2. The largest absolute Gasteiger partial charge is 0.312 e. The van der Waals surface area contributed by atoms with E-state index >= 15 is 0 Å². The predicted octanol–water partition coefficient (Wildman–Crippen LogP) is 3.42. The molecule has 0 atom stereocenters. The summed E-state index contributed by atoms with van der Waals surface area (Å²) >= 11 is 2.96. The van der Waals surface area contributed by atoms with Crippen LogP contribution in [0.1, 0.15) is 36.5 Å². The average Bonchev–Trinajstić information content (AvgIpc) is 3.03. The van der Waals surface area contributed by atoms with Crippen molar-refractivity contribution in [3.63, 3.8) is 0 Å². The molecule has 8 heteroatoms. The van der Waals surface area contributed by atoms with Crippen LogP contribution in [0, 0.1) is 0 Å². The van der Waals surface area contributed by atoms with Crippen molar-refractivity contribution in [3.8, 4) is 0 Å². The molecule has 0 unspecified atom stereocenters. The topological polar surface area (TPSA) is 75.2 Å². The normalized spacial score (nSPS) is 14.7. The van der Waals surface area contributed by atoms with Crippen LogP contribution in [0.25, 0.3) is 0 Å². The van der Waals surface area contributed by atoms with E-state index in [1.54, 1.807) is 28.8 Å². The minimum Gasteiger partial charge on any atom is -0.312 e. The van der Waals surface area contributed by atoms with Crippen LogP contribution in [0.2, 0.25) is 0 Å². The fourth-order valence-corrected chi connectivity index (χ4v) is 4.13. The van der Waals surface area contributed by atoms with Crippen LogP contribution in [0.15, 0.2) is 28.6 Å². The maximum Gasteiger partial charge on any atom is 0.257 e. The van der Waals surface area contributed by atoms with Gasteiger partial charge in [-0.1, -0.05) is 30.0 Å². The average molecular weight is 362 g/mol. The fourth-order valence-electron chi connectivity index (χ4n) is 2.48. The Bertz CT molecular complexity index is 730. The van der Waals surface area contributed by atoms with E-state index in [4.69, 9.17) is 0 Å². The maximum atomic E-state index is 12.3. The molecule has 2 amide bonds. The van der Waals surface area contributed by atoms with Gasteiger partial charge in [0.15, 0.2) is 4.34 Å². The van der Waals surface area contributed by atoms with Crippen molar-refractivity contribution in [3.05, 3.63) is 29.8 Å². The molecule has 1 fully saturated rings. The lowest BCUT2D eigenvalue weighted by atomic mass is 10.1. The van der Waals surface area contributed by atoms with Gasteiger partial charge in [-0.2, -0.15) is 0 Å². The number of carbonyl (C=O) groups excluding carboxylic acids is 2. The molecule has 1 saturated heterocycles. The molecule has 2 heterocycles. The molecular formula is C16H18N4O2S2. The Hall–Kier alpha value is -1.93. The minimum atomic E-state index is -0.226. The Balaban J connectivity index is 1.65. The lowest BCUT2D eigenvalue weighted by Gasteiger charge is -2.26. The SMILES string of the molecule is CCSc1nnc(NC(=O)c2ccc(N3CCCCC3=O)cc2)s1. The van der Waals surface area contributed by atoms with Gasteiger partial charge in [-0.05, 0) is 42.9 Å². The molecule has 1 aromatic carbocycles. The number of aromatic nitrogens is 2. The van der Waals surface area contributed by atoms with Crippen molar-refractivity contribution in [2.75, 3.05) is 22.5 Å². The highest BCUT2D eigenvalue weighted by atomic mass is 32.2. The molecule has 0 aliphatic carbocycles. The number of hydrogen-bond acceptors (Lipinski definition) is 6. The molecule has 1 aliphatic rings. The highest BCUT2D eigenvalue weighted by Crippen LogP contribution is 2.26. The lowest BCUT2D eigenvalue weighted by Crippen LogP contribution is -2.35. The summed E-state index contributed by atoms with van der Waals surface area (Å²) < 4.78 is 0.840. The molecular weight excluding hydrogens is 344 g/mol. The molecule has 3 rings (SSSR count). The predicted molar refractivity (Wildman–Crippen MR) is 96.9 cm³/mol. The third-order valence-corrected chi connectivity index (χ3v) is 5.51. The van der Waals surface area contributed by atoms with Crippen LogP contribution in [0.3, 0.4) is 0 Å². The zero-order valence-corrected chi connectivity index (χ0v) is 15.0. The Morgan fingerprint density at radius 2 is 2.08 bits per heavy atom. The number of benzene rings is 1. The van der Waals surface area contributed by atoms with Gasteiger partial charge >= 0.3 is 0 Å². The van der Waals surface area contributed by atoms with Crippen LogP contribution < -0.4 is 10.2 Å². The fraction of sp³-hybridized carbons (Fsp3) is 0.375. The van der Waals surface area contributed by atoms with Gasteiger partial charge in [-0.25, -0.2) is 0 Å². The number of rotatable bonds is 5. The standard InChI is InChI=1S/C16H18N4O2S2/c1-2-23-16-19-18-15(24-16)17-14(22)11-6-8-12(9-7-11)20-10-4-3-5-13(20)21/h6-9H,2-5,10H2,1H3,(H,17,18,22). The number of thioether (sulfide) groups is 1. The first-order chi connectivity index (χ1) is 11.7. The van der Waals surface area contributed by atoms with Crippen LogP contribution in [-0.2, 0) is 4.79 Å². The molecule has 6 nitrogen and oxygen atoms in total. The second kappa shape index (κ2) is 7.76. The first kappa shape index (κ1) is 16.9. The highest BCUT2D eigenvalue weighted by Gasteiger charge is 2.19. The van der Waals surface area contributed by atoms with Crippen LogP contribution in [-0.4, -0.2) is 34.3 Å². The second-order valence-electron chi connectivity index (χ2n) is 5.31. The zero-order chi connectivity index (χ0) is 16.9. The number of hydrogen-bond donors (Lipinski definition) is 1. The van der Waals surface area contributed by atoms with E-state index in [1.807, 2.05) is 19.1 Å². The molecule has 126 valence electrons. The van der Waals surface area contributed by atoms with E-state index in [1.165, 1.54) is 11.3 Å². The van der Waals surface area contributed by atoms with Crippen LogP contribution in [0.5, 0.6) is 0 Å². The summed E-state index contributed by atoms with van der Waals surface area (Å²) in [4.78, 5) is 26.0. The Morgan fingerprint density at radius 3 is 2.79 bits per heavy atom. The van der Waals surface area contributed by atoms with Gasteiger partial charge in [0, 0.05) is 24.2 Å². The minimum absolute atomic E-state index is 0.147. The van der Waals surface area contributed by atoms with Gasteiger partial charge in [0.05, 0.1) is 0 Å². The Kier molecular flexibility index (Phi) is 5.47. The third-order valence-electron chi connectivity index (χ3n) is 3.66. The molecule has 0 bridgehead atoms. The number of anilines is 2. The number of piperidine rings is 1. The van der Waals surface area contributed by atoms with E-state index in [0.717, 1.165) is 35.2 Å². The molecule has 24 heavy (non-hydrogen) atoms. The number of nitrogens with one attached hydrogen (secondary N) is 1. The highest BCUT2D eigenvalue weighted by molar-refractivity contribution is 8.01. The van der Waals surface area contributed by atoms with E-state index in [-0.39, 0.29) is 11.8 Å². The Morgan fingerprint density at radius 1 is 1.29 bits per heavy atom. The van der Waals surface area contributed by atoms with Crippen molar-refractivity contribution in [2.45, 2.75) is 30.5 Å². The lowest BCUT2D eigenvalue weighted by molar-refractivity contribution is -0.119. The summed E-state index contributed by atoms with van der Waals surface area (Å²) in [5.74, 6) is 0.836. The molecule has 1 aliphatic heterocycles. The molecule has 0 spiro atoms. The van der Waals surface area contributed by atoms with Crippen LogP contribution in [0.4, 0.5) is 10.8 Å². The maximum absolute atomic E-state index is 12.3. The summed E-state index contributed by atoms with van der Waals surface area (Å²) in [6.07, 6.45) is 2.57. The van der Waals surface area contributed by atoms with Gasteiger partial charge < -0.3 is 4.90 Å².